The number of nitrogens with one attached hydrogen (secondary N) is 3. The molecule has 3 aromatic rings. The first-order chi connectivity index (χ1) is 12.9. The van der Waals surface area contributed by atoms with Crippen molar-refractivity contribution in [3.63, 3.8) is 0 Å². The van der Waals surface area contributed by atoms with Crippen molar-refractivity contribution in [3.8, 4) is 6.07 Å². The summed E-state index contributed by atoms with van der Waals surface area (Å²) in [5.74, 6) is 0.424. The first-order valence-electron chi connectivity index (χ1n) is 8.58. The maximum absolute atomic E-state index is 11.4. The van der Waals surface area contributed by atoms with Gasteiger partial charge in [-0.05, 0) is 38.5 Å². The van der Waals surface area contributed by atoms with Gasteiger partial charge in [-0.1, -0.05) is 6.07 Å². The van der Waals surface area contributed by atoms with Crippen molar-refractivity contribution in [2.24, 2.45) is 0 Å². The molecule has 8 heteroatoms. The molecule has 138 valence electrons. The zero-order valence-corrected chi connectivity index (χ0v) is 15.7. The predicted molar refractivity (Wildman–Crippen MR) is 105 cm³/mol. The van der Waals surface area contributed by atoms with Gasteiger partial charge in [-0.2, -0.15) is 9.78 Å². The molecule has 0 fully saturated rings. The number of hydrogen-bond acceptors (Lipinski definition) is 6. The van der Waals surface area contributed by atoms with Crippen LogP contribution in [0.4, 0.5) is 22.9 Å². The predicted octanol–water partition coefficient (Wildman–Crippen LogP) is 3.43. The normalized spacial score (nSPS) is 10.7. The van der Waals surface area contributed by atoms with Crippen LogP contribution in [0.2, 0.25) is 0 Å². The van der Waals surface area contributed by atoms with Crippen LogP contribution in [0.3, 0.4) is 0 Å². The number of benzene rings is 1. The van der Waals surface area contributed by atoms with Crippen LogP contribution in [0, 0.1) is 18.3 Å². The Morgan fingerprint density at radius 1 is 1.26 bits per heavy atom. The number of aromatic nitrogens is 3. The lowest BCUT2D eigenvalue weighted by molar-refractivity contribution is -0.114. The van der Waals surface area contributed by atoms with Crippen molar-refractivity contribution in [2.45, 2.75) is 33.7 Å². The number of hydrogen-bond donors (Lipinski definition) is 3. The third-order valence-electron chi connectivity index (χ3n) is 3.85. The van der Waals surface area contributed by atoms with Crippen molar-refractivity contribution >= 4 is 34.4 Å². The molecule has 0 saturated carbocycles. The number of aryl methyl sites for hydroxylation is 1. The molecule has 0 bridgehead atoms. The van der Waals surface area contributed by atoms with E-state index < -0.39 is 0 Å². The van der Waals surface area contributed by atoms with Gasteiger partial charge in [-0.3, -0.25) is 4.79 Å². The Bertz CT molecular complexity index is 1050. The molecular formula is C19H21N7O. The summed E-state index contributed by atoms with van der Waals surface area (Å²) in [4.78, 5) is 15.7. The van der Waals surface area contributed by atoms with E-state index in [1.807, 2.05) is 45.0 Å². The lowest BCUT2D eigenvalue weighted by atomic mass is 10.1. The molecule has 8 nitrogen and oxygen atoms in total. The summed E-state index contributed by atoms with van der Waals surface area (Å²) < 4.78 is 1.51. The molecule has 1 aromatic carbocycles. The molecule has 2 aromatic heterocycles. The highest BCUT2D eigenvalue weighted by atomic mass is 16.1. The third-order valence-corrected chi connectivity index (χ3v) is 3.85. The van der Waals surface area contributed by atoms with E-state index in [0.717, 1.165) is 22.6 Å². The van der Waals surface area contributed by atoms with Crippen LogP contribution in [-0.2, 0) is 4.79 Å². The van der Waals surface area contributed by atoms with Crippen LogP contribution in [0.25, 0.3) is 5.65 Å². The van der Waals surface area contributed by atoms with Gasteiger partial charge < -0.3 is 16.0 Å². The summed E-state index contributed by atoms with van der Waals surface area (Å²) in [6.45, 7) is 7.45. The number of nitrogens with zero attached hydrogens (tertiary/aromatic N) is 4. The third kappa shape index (κ3) is 3.98. The van der Waals surface area contributed by atoms with Crippen molar-refractivity contribution in [2.75, 3.05) is 16.0 Å². The van der Waals surface area contributed by atoms with Crippen LogP contribution in [0.5, 0.6) is 0 Å². The fourth-order valence-electron chi connectivity index (χ4n) is 2.69. The van der Waals surface area contributed by atoms with Crippen molar-refractivity contribution in [1.29, 1.82) is 5.26 Å². The molecule has 3 N–H and O–H groups in total. The number of nitriles is 1. The van der Waals surface area contributed by atoms with Crippen molar-refractivity contribution in [3.05, 3.63) is 41.7 Å². The zero-order valence-electron chi connectivity index (χ0n) is 15.7. The van der Waals surface area contributed by atoms with Gasteiger partial charge in [0.25, 0.3) is 0 Å². The molecule has 0 atom stereocenters. The maximum Gasteiger partial charge on any atom is 0.221 e. The summed E-state index contributed by atoms with van der Waals surface area (Å²) in [5, 5.41) is 23.1. The number of imidazole rings is 1. The largest absolute Gasteiger partial charge is 0.380 e. The molecule has 3 rings (SSSR count). The highest BCUT2D eigenvalue weighted by Crippen LogP contribution is 2.26. The zero-order chi connectivity index (χ0) is 19.6. The van der Waals surface area contributed by atoms with Gasteiger partial charge in [0.05, 0.1) is 11.9 Å². The quantitative estimate of drug-likeness (QED) is 0.641. The summed E-state index contributed by atoms with van der Waals surface area (Å²) in [6, 6.07) is 9.80. The Labute approximate surface area is 157 Å². The Kier molecular flexibility index (Phi) is 4.94. The van der Waals surface area contributed by atoms with Crippen LogP contribution >= 0.6 is 0 Å². The van der Waals surface area contributed by atoms with Crippen LogP contribution in [0.15, 0.2) is 30.5 Å². The van der Waals surface area contributed by atoms with Gasteiger partial charge in [0.15, 0.2) is 17.2 Å². The molecule has 0 spiro atoms. The minimum Gasteiger partial charge on any atom is -0.380 e. The standard InChI is InChI=1S/C19H21N7O/c1-11(2)22-17-8-18(25-26-15(9-20)10-21-19(17)26)24-14-6-5-12(3)16(7-14)23-13(4)27/h5-8,10-11,22H,1-4H3,(H,23,27)(H,24,25). The van der Waals surface area contributed by atoms with Gasteiger partial charge in [0.2, 0.25) is 5.91 Å². The molecule has 0 saturated heterocycles. The van der Waals surface area contributed by atoms with E-state index in [9.17, 15) is 10.1 Å². The van der Waals surface area contributed by atoms with Crippen molar-refractivity contribution < 1.29 is 4.79 Å². The second-order valence-electron chi connectivity index (χ2n) is 6.57. The second kappa shape index (κ2) is 7.33. The van der Waals surface area contributed by atoms with Crippen LogP contribution in [0.1, 0.15) is 32.0 Å². The topological polar surface area (TPSA) is 107 Å². The van der Waals surface area contributed by atoms with Gasteiger partial charge in [-0.15, -0.1) is 5.10 Å². The minimum atomic E-state index is -0.129. The highest BCUT2D eigenvalue weighted by Gasteiger charge is 2.13. The van der Waals surface area contributed by atoms with E-state index >= 15 is 0 Å². The summed E-state index contributed by atoms with van der Waals surface area (Å²) in [7, 11) is 0. The van der Waals surface area contributed by atoms with Gasteiger partial charge in [-0.25, -0.2) is 4.98 Å². The van der Waals surface area contributed by atoms with Gasteiger partial charge >= 0.3 is 0 Å². The van der Waals surface area contributed by atoms with Gasteiger partial charge in [0, 0.05) is 30.4 Å². The summed E-state index contributed by atoms with van der Waals surface area (Å²) in [6.07, 6.45) is 1.50. The Balaban J connectivity index is 2.02. The molecule has 0 radical (unpaired) electrons. The molecule has 0 unspecified atom stereocenters. The Hall–Kier alpha value is -3.60. The molecule has 0 aliphatic heterocycles. The molecule has 27 heavy (non-hydrogen) atoms. The average Bonchev–Trinajstić information content (AvgIpc) is 3.00. The van der Waals surface area contributed by atoms with E-state index in [1.54, 1.807) is 0 Å². The number of amides is 1. The highest BCUT2D eigenvalue weighted by molar-refractivity contribution is 5.90. The molecule has 0 aliphatic carbocycles. The lowest BCUT2D eigenvalue weighted by Gasteiger charge is -2.14. The van der Waals surface area contributed by atoms with E-state index in [-0.39, 0.29) is 11.9 Å². The smallest absolute Gasteiger partial charge is 0.221 e. The number of carbonyl (C=O) groups is 1. The van der Waals surface area contributed by atoms with E-state index in [1.165, 1.54) is 17.6 Å². The number of rotatable bonds is 5. The molecule has 2 heterocycles. The Morgan fingerprint density at radius 2 is 2.04 bits per heavy atom. The van der Waals surface area contributed by atoms with E-state index in [4.69, 9.17) is 0 Å². The van der Waals surface area contributed by atoms with Crippen LogP contribution < -0.4 is 16.0 Å². The van der Waals surface area contributed by atoms with E-state index in [0.29, 0.717) is 17.2 Å². The molecule has 1 amide bonds. The first-order valence-corrected chi connectivity index (χ1v) is 8.58. The fourth-order valence-corrected chi connectivity index (χ4v) is 2.69. The average molecular weight is 363 g/mol. The molecule has 0 aliphatic rings. The number of fused-ring (bicyclic) bond motifs is 1. The fraction of sp³-hybridized carbons (Fsp3) is 0.263. The number of anilines is 4. The minimum absolute atomic E-state index is 0.129. The van der Waals surface area contributed by atoms with Crippen molar-refractivity contribution in [1.82, 2.24) is 14.6 Å². The summed E-state index contributed by atoms with van der Waals surface area (Å²) >= 11 is 0. The SMILES string of the molecule is CC(=O)Nc1cc(Nc2cc(NC(C)C)c3ncc(C#N)n3n2)ccc1C. The summed E-state index contributed by atoms with van der Waals surface area (Å²) in [5.41, 5.74) is 4.18. The van der Waals surface area contributed by atoms with E-state index in [2.05, 4.69) is 32.1 Å². The maximum atomic E-state index is 11.4. The second-order valence-corrected chi connectivity index (χ2v) is 6.57. The number of carbonyl (C=O) groups excluding carboxylic acids is 1. The molecular weight excluding hydrogens is 342 g/mol. The monoisotopic (exact) mass is 363 g/mol. The lowest BCUT2D eigenvalue weighted by Crippen LogP contribution is -2.12. The Morgan fingerprint density at radius 3 is 2.70 bits per heavy atom. The van der Waals surface area contributed by atoms with Crippen LogP contribution in [-0.4, -0.2) is 26.5 Å². The first kappa shape index (κ1) is 18.2. The van der Waals surface area contributed by atoms with Gasteiger partial charge in [0.1, 0.15) is 6.07 Å².